The molecule has 0 saturated carbocycles. The Balaban J connectivity index is 1.87. The first-order valence-electron chi connectivity index (χ1n) is 9.72. The minimum absolute atomic E-state index is 0.00939. The Hall–Kier alpha value is -2.19. The molecular formula is C21H26N2O4S2. The summed E-state index contributed by atoms with van der Waals surface area (Å²) in [5, 5.41) is 4.71. The van der Waals surface area contributed by atoms with Gasteiger partial charge in [-0.2, -0.15) is 0 Å². The molecule has 0 bridgehead atoms. The molecule has 2 heterocycles. The second-order valence-corrected chi connectivity index (χ2v) is 10.7. The van der Waals surface area contributed by atoms with Crippen LogP contribution in [0.5, 0.6) is 0 Å². The van der Waals surface area contributed by atoms with Crippen molar-refractivity contribution in [2.75, 3.05) is 23.0 Å². The zero-order valence-electron chi connectivity index (χ0n) is 16.6. The van der Waals surface area contributed by atoms with E-state index in [1.807, 2.05) is 48.7 Å². The highest BCUT2D eigenvalue weighted by Gasteiger charge is 2.41. The molecule has 2 amide bonds. The average Bonchev–Trinajstić information content (AvgIpc) is 3.23. The molecule has 6 nitrogen and oxygen atoms in total. The summed E-state index contributed by atoms with van der Waals surface area (Å²) in [4.78, 5) is 28.5. The van der Waals surface area contributed by atoms with Gasteiger partial charge in [-0.1, -0.05) is 30.7 Å². The van der Waals surface area contributed by atoms with Gasteiger partial charge in [-0.3, -0.25) is 9.59 Å². The SMILES string of the molecule is CCS(=O)(=O)CCNC(=O)C1CCC(=O)N(c2ccc(C)cc2)C1c1cccs1. The third-order valence-electron chi connectivity index (χ3n) is 5.23. The zero-order chi connectivity index (χ0) is 21.0. The van der Waals surface area contributed by atoms with Gasteiger partial charge in [0.15, 0.2) is 9.84 Å². The predicted octanol–water partition coefficient (Wildman–Crippen LogP) is 3.09. The number of hydrogen-bond donors (Lipinski definition) is 1. The first-order chi connectivity index (χ1) is 13.8. The number of rotatable bonds is 7. The summed E-state index contributed by atoms with van der Waals surface area (Å²) in [6.07, 6.45) is 0.719. The molecule has 29 heavy (non-hydrogen) atoms. The maximum Gasteiger partial charge on any atom is 0.227 e. The van der Waals surface area contributed by atoms with Gasteiger partial charge in [0, 0.05) is 29.3 Å². The standard InChI is InChI=1S/C21H26N2O4S2/c1-3-29(26,27)14-12-22-21(25)17-10-11-19(24)23(16-8-6-15(2)7-9-16)20(17)18-5-4-13-28-18/h4-9,13,17,20H,3,10-12,14H2,1-2H3,(H,22,25). The first-order valence-corrected chi connectivity index (χ1v) is 12.4. The molecule has 0 aliphatic carbocycles. The van der Waals surface area contributed by atoms with E-state index in [4.69, 9.17) is 0 Å². The van der Waals surface area contributed by atoms with Crippen molar-refractivity contribution in [3.8, 4) is 0 Å². The van der Waals surface area contributed by atoms with Gasteiger partial charge in [0.2, 0.25) is 11.8 Å². The van der Waals surface area contributed by atoms with Crippen LogP contribution in [0.25, 0.3) is 0 Å². The number of nitrogens with one attached hydrogen (secondary N) is 1. The molecule has 1 aromatic carbocycles. The summed E-state index contributed by atoms with van der Waals surface area (Å²) in [6, 6.07) is 11.2. The van der Waals surface area contributed by atoms with Crippen LogP contribution in [-0.4, -0.2) is 38.3 Å². The van der Waals surface area contributed by atoms with E-state index in [-0.39, 0.29) is 36.3 Å². The van der Waals surface area contributed by atoms with Crippen molar-refractivity contribution >= 4 is 38.7 Å². The molecule has 1 N–H and O–H groups in total. The fraction of sp³-hybridized carbons (Fsp3) is 0.429. The summed E-state index contributed by atoms with van der Waals surface area (Å²) in [6.45, 7) is 3.66. The van der Waals surface area contributed by atoms with E-state index in [1.165, 1.54) is 11.3 Å². The number of amides is 2. The zero-order valence-corrected chi connectivity index (χ0v) is 18.3. The van der Waals surface area contributed by atoms with Crippen molar-refractivity contribution in [1.82, 2.24) is 5.32 Å². The van der Waals surface area contributed by atoms with Gasteiger partial charge in [-0.15, -0.1) is 11.3 Å². The van der Waals surface area contributed by atoms with Gasteiger partial charge in [0.05, 0.1) is 17.7 Å². The van der Waals surface area contributed by atoms with Gasteiger partial charge >= 0.3 is 0 Å². The Morgan fingerprint density at radius 1 is 1.24 bits per heavy atom. The van der Waals surface area contributed by atoms with E-state index in [1.54, 1.807) is 11.8 Å². The lowest BCUT2D eigenvalue weighted by Crippen LogP contribution is -2.48. The lowest BCUT2D eigenvalue weighted by atomic mass is 9.86. The van der Waals surface area contributed by atoms with E-state index < -0.39 is 21.8 Å². The summed E-state index contributed by atoms with van der Waals surface area (Å²) < 4.78 is 23.4. The number of nitrogens with zero attached hydrogens (tertiary/aromatic N) is 1. The van der Waals surface area contributed by atoms with Crippen LogP contribution in [0.1, 0.15) is 36.2 Å². The minimum Gasteiger partial charge on any atom is -0.355 e. The summed E-state index contributed by atoms with van der Waals surface area (Å²) >= 11 is 1.52. The van der Waals surface area contributed by atoms with Gasteiger partial charge in [0.25, 0.3) is 0 Å². The van der Waals surface area contributed by atoms with E-state index in [0.717, 1.165) is 16.1 Å². The number of piperidine rings is 1. The highest BCUT2D eigenvalue weighted by Crippen LogP contribution is 2.41. The predicted molar refractivity (Wildman–Crippen MR) is 116 cm³/mol. The molecule has 2 unspecified atom stereocenters. The number of benzene rings is 1. The molecule has 2 atom stereocenters. The Kier molecular flexibility index (Phi) is 6.74. The Labute approximate surface area is 175 Å². The third kappa shape index (κ3) is 5.05. The van der Waals surface area contributed by atoms with Crippen molar-refractivity contribution < 1.29 is 18.0 Å². The van der Waals surface area contributed by atoms with E-state index in [2.05, 4.69) is 5.32 Å². The third-order valence-corrected chi connectivity index (χ3v) is 7.88. The van der Waals surface area contributed by atoms with Crippen LogP contribution >= 0.6 is 11.3 Å². The highest BCUT2D eigenvalue weighted by atomic mass is 32.2. The van der Waals surface area contributed by atoms with Gasteiger partial charge in [0.1, 0.15) is 0 Å². The maximum atomic E-state index is 13.0. The van der Waals surface area contributed by atoms with Crippen LogP contribution in [0, 0.1) is 12.8 Å². The van der Waals surface area contributed by atoms with E-state index in [0.29, 0.717) is 6.42 Å². The Morgan fingerprint density at radius 2 is 1.97 bits per heavy atom. The van der Waals surface area contributed by atoms with Gasteiger partial charge in [-0.05, 0) is 36.9 Å². The van der Waals surface area contributed by atoms with Crippen molar-refractivity contribution in [2.24, 2.45) is 5.92 Å². The molecule has 1 aliphatic rings. The molecular weight excluding hydrogens is 408 g/mol. The molecule has 0 spiro atoms. The molecule has 1 saturated heterocycles. The van der Waals surface area contributed by atoms with E-state index in [9.17, 15) is 18.0 Å². The van der Waals surface area contributed by atoms with Crippen LogP contribution in [0.2, 0.25) is 0 Å². The molecule has 2 aromatic rings. The number of aryl methyl sites for hydroxylation is 1. The molecule has 1 aromatic heterocycles. The number of anilines is 1. The number of thiophene rings is 1. The molecule has 3 rings (SSSR count). The molecule has 0 radical (unpaired) electrons. The fourth-order valence-electron chi connectivity index (χ4n) is 3.57. The van der Waals surface area contributed by atoms with Crippen molar-refractivity contribution in [3.05, 3.63) is 52.2 Å². The van der Waals surface area contributed by atoms with Crippen molar-refractivity contribution in [1.29, 1.82) is 0 Å². The number of hydrogen-bond acceptors (Lipinski definition) is 5. The van der Waals surface area contributed by atoms with E-state index >= 15 is 0 Å². The maximum absolute atomic E-state index is 13.0. The van der Waals surface area contributed by atoms with Crippen LogP contribution in [-0.2, 0) is 19.4 Å². The molecule has 8 heteroatoms. The van der Waals surface area contributed by atoms with Crippen LogP contribution in [0.4, 0.5) is 5.69 Å². The van der Waals surface area contributed by atoms with Gasteiger partial charge < -0.3 is 10.2 Å². The summed E-state index contributed by atoms with van der Waals surface area (Å²) in [5.74, 6) is -0.673. The molecule has 156 valence electrons. The van der Waals surface area contributed by atoms with Crippen molar-refractivity contribution in [3.63, 3.8) is 0 Å². The van der Waals surface area contributed by atoms with Crippen LogP contribution < -0.4 is 10.2 Å². The lowest BCUT2D eigenvalue weighted by Gasteiger charge is -2.40. The highest BCUT2D eigenvalue weighted by molar-refractivity contribution is 7.91. The number of carbonyl (C=O) groups excluding carboxylic acids is 2. The Morgan fingerprint density at radius 3 is 2.59 bits per heavy atom. The summed E-state index contributed by atoms with van der Waals surface area (Å²) in [5.41, 5.74) is 1.86. The first kappa shape index (κ1) is 21.5. The van der Waals surface area contributed by atoms with Crippen LogP contribution in [0.3, 0.4) is 0 Å². The van der Waals surface area contributed by atoms with Gasteiger partial charge in [-0.25, -0.2) is 8.42 Å². The van der Waals surface area contributed by atoms with Crippen molar-refractivity contribution in [2.45, 2.75) is 32.7 Å². The quantitative estimate of drug-likeness (QED) is 0.726. The topological polar surface area (TPSA) is 83.5 Å². The number of sulfone groups is 1. The second kappa shape index (κ2) is 9.09. The Bertz CT molecular complexity index is 953. The fourth-order valence-corrected chi connectivity index (χ4v) is 5.15. The average molecular weight is 435 g/mol. The smallest absolute Gasteiger partial charge is 0.227 e. The number of carbonyl (C=O) groups is 2. The van der Waals surface area contributed by atoms with Crippen LogP contribution in [0.15, 0.2) is 41.8 Å². The monoisotopic (exact) mass is 434 g/mol. The largest absolute Gasteiger partial charge is 0.355 e. The lowest BCUT2D eigenvalue weighted by molar-refractivity contribution is -0.129. The summed E-state index contributed by atoms with van der Waals surface area (Å²) in [7, 11) is -3.15. The minimum atomic E-state index is -3.15. The normalized spacial score (nSPS) is 19.9. The molecule has 1 fully saturated rings. The second-order valence-electron chi connectivity index (χ2n) is 7.23. The molecule has 1 aliphatic heterocycles.